The van der Waals surface area contributed by atoms with E-state index in [0.717, 1.165) is 0 Å². The van der Waals surface area contributed by atoms with Gasteiger partial charge in [-0.2, -0.15) is 0 Å². The summed E-state index contributed by atoms with van der Waals surface area (Å²) >= 11 is 3.17. The molecule has 2 aliphatic rings. The van der Waals surface area contributed by atoms with Crippen molar-refractivity contribution in [2.45, 2.75) is 30.5 Å². The maximum Gasteiger partial charge on any atom is 0.186 e. The van der Waals surface area contributed by atoms with Crippen molar-refractivity contribution in [1.29, 1.82) is 0 Å². The smallest absolute Gasteiger partial charge is 0.186 e. The van der Waals surface area contributed by atoms with E-state index in [0.29, 0.717) is 13.2 Å². The third-order valence-corrected chi connectivity index (χ3v) is 4.09. The van der Waals surface area contributed by atoms with E-state index in [1.54, 1.807) is 6.92 Å². The summed E-state index contributed by atoms with van der Waals surface area (Å²) in [6.45, 7) is 2.71. The van der Waals surface area contributed by atoms with Crippen LogP contribution < -0.4 is 0 Å². The first-order valence-electron chi connectivity index (χ1n) is 4.40. The van der Waals surface area contributed by atoms with Gasteiger partial charge in [0.15, 0.2) is 5.12 Å². The fourth-order valence-corrected chi connectivity index (χ4v) is 3.20. The zero-order valence-electron chi connectivity index (χ0n) is 7.64. The van der Waals surface area contributed by atoms with Gasteiger partial charge in [0, 0.05) is 6.92 Å². The van der Waals surface area contributed by atoms with E-state index in [1.165, 1.54) is 11.8 Å². The quantitative estimate of drug-likeness (QED) is 0.711. The second-order valence-corrected chi connectivity index (χ2v) is 5.30. The van der Waals surface area contributed by atoms with Gasteiger partial charge in [0.05, 0.1) is 18.5 Å². The lowest BCUT2D eigenvalue weighted by atomic mass is 10.1. The van der Waals surface area contributed by atoms with E-state index >= 15 is 0 Å². The highest BCUT2D eigenvalue weighted by atomic mass is 127. The first-order valence-corrected chi connectivity index (χ1v) is 6.16. The molecule has 0 spiro atoms. The molecule has 0 N–H and O–H groups in total. The molecule has 0 bridgehead atoms. The standard InChI is InChI=1S/C8H11IO4S/c1-4(10)14-6-3-12-7-5(13-9)2-11-8(6)7/h5-8H,2-3H2,1H3/t5-,6-,7+,8+/m0/s1. The Morgan fingerprint density at radius 2 is 2.14 bits per heavy atom. The Morgan fingerprint density at radius 3 is 2.79 bits per heavy atom. The third-order valence-electron chi connectivity index (χ3n) is 2.39. The number of hydrogen-bond acceptors (Lipinski definition) is 5. The first kappa shape index (κ1) is 11.1. The molecule has 80 valence electrons. The van der Waals surface area contributed by atoms with Gasteiger partial charge in [0.25, 0.3) is 0 Å². The summed E-state index contributed by atoms with van der Waals surface area (Å²) in [5, 5.41) is 0.246. The minimum Gasteiger partial charge on any atom is -0.371 e. The molecule has 0 radical (unpaired) electrons. The predicted molar refractivity (Wildman–Crippen MR) is 60.4 cm³/mol. The van der Waals surface area contributed by atoms with Crippen LogP contribution in [0.4, 0.5) is 0 Å². The van der Waals surface area contributed by atoms with Crippen LogP contribution in [0.2, 0.25) is 0 Å². The lowest BCUT2D eigenvalue weighted by molar-refractivity contribution is -0.109. The number of rotatable bonds is 2. The molecular formula is C8H11IO4S. The molecule has 2 heterocycles. The lowest BCUT2D eigenvalue weighted by Crippen LogP contribution is -2.30. The number of halogens is 1. The molecule has 2 rings (SSSR count). The Hall–Kier alpha value is 0.630. The van der Waals surface area contributed by atoms with Gasteiger partial charge in [0.2, 0.25) is 0 Å². The van der Waals surface area contributed by atoms with Crippen molar-refractivity contribution >= 4 is 39.9 Å². The highest BCUT2D eigenvalue weighted by Gasteiger charge is 2.48. The summed E-state index contributed by atoms with van der Waals surface area (Å²) in [6, 6.07) is 0. The van der Waals surface area contributed by atoms with Crippen molar-refractivity contribution in [2.75, 3.05) is 13.2 Å². The molecule has 0 aliphatic carbocycles. The highest BCUT2D eigenvalue weighted by Crippen LogP contribution is 2.35. The zero-order valence-corrected chi connectivity index (χ0v) is 10.6. The van der Waals surface area contributed by atoms with Crippen molar-refractivity contribution in [1.82, 2.24) is 0 Å². The molecule has 2 fully saturated rings. The average Bonchev–Trinajstić information content (AvgIpc) is 2.67. The SMILES string of the molecule is CC(=O)S[C@H]1CO[C@H]2[C@@H]1OC[C@@H]2OI. The van der Waals surface area contributed by atoms with Crippen LogP contribution in [0.1, 0.15) is 6.92 Å². The van der Waals surface area contributed by atoms with Crippen LogP contribution in [0.5, 0.6) is 0 Å². The van der Waals surface area contributed by atoms with Gasteiger partial charge in [-0.05, 0) is 0 Å². The Kier molecular flexibility index (Phi) is 3.69. The van der Waals surface area contributed by atoms with Gasteiger partial charge in [-0.3, -0.25) is 4.79 Å². The third kappa shape index (κ3) is 2.08. The molecule has 0 saturated carbocycles. The van der Waals surface area contributed by atoms with Crippen molar-refractivity contribution in [2.24, 2.45) is 0 Å². The van der Waals surface area contributed by atoms with Gasteiger partial charge in [0.1, 0.15) is 41.3 Å². The number of carbonyl (C=O) groups is 1. The number of fused-ring (bicyclic) bond motifs is 1. The van der Waals surface area contributed by atoms with E-state index in [-0.39, 0.29) is 28.7 Å². The number of hydrogen-bond donors (Lipinski definition) is 0. The topological polar surface area (TPSA) is 44.8 Å². The zero-order chi connectivity index (χ0) is 10.1. The molecule has 0 aromatic carbocycles. The summed E-state index contributed by atoms with van der Waals surface area (Å²) in [5.41, 5.74) is 0. The van der Waals surface area contributed by atoms with Crippen LogP contribution in [0.15, 0.2) is 0 Å². The summed E-state index contributed by atoms with van der Waals surface area (Å²) in [6.07, 6.45) is 0.0329. The predicted octanol–water partition coefficient (Wildman–Crippen LogP) is 1.17. The Bertz CT molecular complexity index is 237. The normalized spacial score (nSPS) is 41.3. The van der Waals surface area contributed by atoms with Crippen LogP contribution in [-0.2, 0) is 17.3 Å². The summed E-state index contributed by atoms with van der Waals surface area (Å²) in [5.74, 6) is 0. The number of thioether (sulfide) groups is 1. The van der Waals surface area contributed by atoms with Crippen molar-refractivity contribution in [3.63, 3.8) is 0 Å². The largest absolute Gasteiger partial charge is 0.371 e. The number of ether oxygens (including phenoxy) is 2. The molecule has 0 unspecified atom stereocenters. The minimum atomic E-state index is 0.00347. The van der Waals surface area contributed by atoms with Gasteiger partial charge in [-0.15, -0.1) is 0 Å². The molecule has 0 amide bonds. The molecule has 2 saturated heterocycles. The maximum atomic E-state index is 11.0. The maximum absolute atomic E-state index is 11.0. The second kappa shape index (κ2) is 4.65. The fourth-order valence-electron chi connectivity index (χ4n) is 1.82. The van der Waals surface area contributed by atoms with Crippen LogP contribution in [-0.4, -0.2) is 41.9 Å². The summed E-state index contributed by atoms with van der Waals surface area (Å²) < 4.78 is 16.3. The molecule has 4 nitrogen and oxygen atoms in total. The number of carbonyl (C=O) groups excluding carboxylic acids is 1. The van der Waals surface area contributed by atoms with E-state index in [4.69, 9.17) is 12.5 Å². The molecular weight excluding hydrogens is 319 g/mol. The van der Waals surface area contributed by atoms with Crippen LogP contribution >= 0.6 is 34.8 Å². The molecule has 14 heavy (non-hydrogen) atoms. The van der Waals surface area contributed by atoms with Crippen molar-refractivity contribution in [3.05, 3.63) is 0 Å². The molecule has 6 heteroatoms. The molecule has 2 aliphatic heterocycles. The Balaban J connectivity index is 1.97. The van der Waals surface area contributed by atoms with Gasteiger partial charge < -0.3 is 12.5 Å². The summed E-state index contributed by atoms with van der Waals surface area (Å²) in [4.78, 5) is 11.0. The minimum absolute atomic E-state index is 0.00347. The van der Waals surface area contributed by atoms with E-state index in [2.05, 4.69) is 0 Å². The van der Waals surface area contributed by atoms with Crippen LogP contribution in [0, 0.1) is 0 Å². The Morgan fingerprint density at radius 1 is 1.43 bits per heavy atom. The van der Waals surface area contributed by atoms with E-state index in [9.17, 15) is 4.79 Å². The summed E-state index contributed by atoms with van der Waals surface area (Å²) in [7, 11) is 0. The van der Waals surface area contributed by atoms with Crippen molar-refractivity contribution in [3.8, 4) is 0 Å². The van der Waals surface area contributed by atoms with Crippen molar-refractivity contribution < 1.29 is 17.3 Å². The van der Waals surface area contributed by atoms with Crippen LogP contribution in [0.3, 0.4) is 0 Å². The molecule has 0 aromatic rings. The highest BCUT2D eigenvalue weighted by molar-refractivity contribution is 14.1. The van der Waals surface area contributed by atoms with Gasteiger partial charge in [-0.1, -0.05) is 11.8 Å². The van der Waals surface area contributed by atoms with Gasteiger partial charge in [-0.25, -0.2) is 0 Å². The molecule has 0 aromatic heterocycles. The van der Waals surface area contributed by atoms with E-state index in [1.807, 2.05) is 23.0 Å². The first-order chi connectivity index (χ1) is 6.72. The van der Waals surface area contributed by atoms with Crippen LogP contribution in [0.25, 0.3) is 0 Å². The lowest BCUT2D eigenvalue weighted by Gasteiger charge is -2.13. The second-order valence-electron chi connectivity index (χ2n) is 3.37. The van der Waals surface area contributed by atoms with Gasteiger partial charge >= 0.3 is 0 Å². The fraction of sp³-hybridized carbons (Fsp3) is 0.875. The van der Waals surface area contributed by atoms with E-state index < -0.39 is 0 Å². The Labute approximate surface area is 101 Å². The monoisotopic (exact) mass is 330 g/mol. The average molecular weight is 330 g/mol. The molecule has 4 atom stereocenters.